The quantitative estimate of drug-likeness (QED) is 0.787. The zero-order valence-electron chi connectivity index (χ0n) is 16.6. The Balaban J connectivity index is 1.54. The summed E-state index contributed by atoms with van der Waals surface area (Å²) in [6.45, 7) is 2.25. The molecule has 1 amide bonds. The first-order valence-corrected chi connectivity index (χ1v) is 10.1. The number of carbonyl (C=O) groups is 1. The number of likely N-dealkylation sites (tertiary alicyclic amines) is 1. The van der Waals surface area contributed by atoms with Crippen LogP contribution in [-0.2, 0) is 11.3 Å². The molecular weight excluding hydrogens is 356 g/mol. The molecule has 2 fully saturated rings. The first-order valence-electron chi connectivity index (χ1n) is 10.1. The molecule has 2 aliphatic rings. The van der Waals surface area contributed by atoms with Gasteiger partial charge in [-0.25, -0.2) is 0 Å². The normalized spacial score (nSPS) is 22.8. The second-order valence-corrected chi connectivity index (χ2v) is 7.93. The molecule has 0 bridgehead atoms. The fourth-order valence-electron chi connectivity index (χ4n) is 4.05. The standard InChI is InChI=1S/C21H28N4O3/c1-24(2)14-15-7-5-8-16(13-15)21(26)25-11-4-3-9-17(25)19-22-23-20(28-19)18-10-6-12-27-18/h5,7-8,13,17-18H,3-4,6,9-12,14H2,1-2H3/t17-,18-/m1/s1. The van der Waals surface area contributed by atoms with Gasteiger partial charge in [-0.05, 0) is 63.9 Å². The van der Waals surface area contributed by atoms with Gasteiger partial charge in [0.05, 0.1) is 0 Å². The van der Waals surface area contributed by atoms with Gasteiger partial charge in [0.15, 0.2) is 0 Å². The van der Waals surface area contributed by atoms with Crippen molar-refractivity contribution in [3.8, 4) is 0 Å². The molecule has 3 heterocycles. The zero-order chi connectivity index (χ0) is 19.5. The van der Waals surface area contributed by atoms with Gasteiger partial charge in [-0.1, -0.05) is 12.1 Å². The van der Waals surface area contributed by atoms with Crippen molar-refractivity contribution in [2.24, 2.45) is 0 Å². The number of aromatic nitrogens is 2. The highest BCUT2D eigenvalue weighted by Crippen LogP contribution is 2.34. The highest BCUT2D eigenvalue weighted by molar-refractivity contribution is 5.94. The summed E-state index contributed by atoms with van der Waals surface area (Å²) in [5, 5.41) is 8.47. The summed E-state index contributed by atoms with van der Waals surface area (Å²) in [4.78, 5) is 17.3. The van der Waals surface area contributed by atoms with Gasteiger partial charge in [-0.2, -0.15) is 0 Å². The highest BCUT2D eigenvalue weighted by atomic mass is 16.5. The molecule has 7 heteroatoms. The minimum atomic E-state index is -0.165. The number of hydrogen-bond acceptors (Lipinski definition) is 6. The van der Waals surface area contributed by atoms with E-state index in [1.165, 1.54) is 0 Å². The van der Waals surface area contributed by atoms with Crippen molar-refractivity contribution in [3.63, 3.8) is 0 Å². The number of amides is 1. The van der Waals surface area contributed by atoms with Gasteiger partial charge in [0, 0.05) is 25.3 Å². The average molecular weight is 384 g/mol. The van der Waals surface area contributed by atoms with Crippen LogP contribution in [0.25, 0.3) is 0 Å². The third-order valence-electron chi connectivity index (χ3n) is 5.38. The van der Waals surface area contributed by atoms with E-state index < -0.39 is 0 Å². The van der Waals surface area contributed by atoms with E-state index in [0.717, 1.165) is 50.8 Å². The third kappa shape index (κ3) is 4.10. The molecule has 28 heavy (non-hydrogen) atoms. The minimum Gasteiger partial charge on any atom is -0.420 e. The SMILES string of the molecule is CN(C)Cc1cccc(C(=O)N2CCCC[C@@H]2c2nnc([C@H]3CCCO3)o2)c1. The van der Waals surface area contributed by atoms with Gasteiger partial charge in [0.1, 0.15) is 12.1 Å². The van der Waals surface area contributed by atoms with E-state index in [9.17, 15) is 4.79 Å². The molecule has 1 aromatic heterocycles. The van der Waals surface area contributed by atoms with Gasteiger partial charge in [-0.15, -0.1) is 10.2 Å². The molecule has 0 radical (unpaired) electrons. The van der Waals surface area contributed by atoms with Crippen molar-refractivity contribution < 1.29 is 13.9 Å². The Kier molecular flexibility index (Phi) is 5.73. The maximum atomic E-state index is 13.3. The van der Waals surface area contributed by atoms with Gasteiger partial charge in [-0.3, -0.25) is 4.79 Å². The summed E-state index contributed by atoms with van der Waals surface area (Å²) in [7, 11) is 4.05. The summed E-state index contributed by atoms with van der Waals surface area (Å²) in [5.41, 5.74) is 1.84. The van der Waals surface area contributed by atoms with Crippen molar-refractivity contribution in [3.05, 3.63) is 47.2 Å². The molecule has 0 saturated carbocycles. The van der Waals surface area contributed by atoms with E-state index in [0.29, 0.717) is 23.9 Å². The summed E-state index contributed by atoms with van der Waals surface area (Å²) >= 11 is 0. The van der Waals surface area contributed by atoms with Gasteiger partial charge in [0.25, 0.3) is 5.91 Å². The Morgan fingerprint density at radius 1 is 1.18 bits per heavy atom. The van der Waals surface area contributed by atoms with Crippen LogP contribution in [-0.4, -0.2) is 53.2 Å². The minimum absolute atomic E-state index is 0.0298. The molecule has 2 aliphatic heterocycles. The molecule has 2 aromatic rings. The lowest BCUT2D eigenvalue weighted by Gasteiger charge is -2.33. The summed E-state index contributed by atoms with van der Waals surface area (Å²) in [6.07, 6.45) is 4.71. The number of benzene rings is 1. The van der Waals surface area contributed by atoms with Crippen LogP contribution in [0.4, 0.5) is 0 Å². The molecular formula is C21H28N4O3. The second-order valence-electron chi connectivity index (χ2n) is 7.93. The van der Waals surface area contributed by atoms with Crippen molar-refractivity contribution >= 4 is 5.91 Å². The summed E-state index contributed by atoms with van der Waals surface area (Å²) < 4.78 is 11.6. The Bertz CT molecular complexity index is 813. The fourth-order valence-corrected chi connectivity index (χ4v) is 4.05. The molecule has 0 N–H and O–H groups in total. The van der Waals surface area contributed by atoms with E-state index in [4.69, 9.17) is 9.15 Å². The van der Waals surface area contributed by atoms with E-state index in [2.05, 4.69) is 21.2 Å². The molecule has 2 saturated heterocycles. The number of rotatable bonds is 5. The number of carbonyl (C=O) groups excluding carboxylic acids is 1. The topological polar surface area (TPSA) is 71.7 Å². The Morgan fingerprint density at radius 2 is 2.04 bits per heavy atom. The maximum Gasteiger partial charge on any atom is 0.254 e. The Labute approximate surface area is 165 Å². The Hall–Kier alpha value is -2.25. The maximum absolute atomic E-state index is 13.3. The molecule has 0 aliphatic carbocycles. The molecule has 0 spiro atoms. The van der Waals surface area contributed by atoms with Crippen LogP contribution < -0.4 is 0 Å². The predicted molar refractivity (Wildman–Crippen MR) is 104 cm³/mol. The third-order valence-corrected chi connectivity index (χ3v) is 5.38. The largest absolute Gasteiger partial charge is 0.420 e. The number of ether oxygens (including phenoxy) is 1. The van der Waals surface area contributed by atoms with E-state index >= 15 is 0 Å². The molecule has 150 valence electrons. The monoisotopic (exact) mass is 384 g/mol. The lowest BCUT2D eigenvalue weighted by atomic mass is 10.00. The smallest absolute Gasteiger partial charge is 0.254 e. The van der Waals surface area contributed by atoms with E-state index in [1.54, 1.807) is 0 Å². The molecule has 2 atom stereocenters. The molecule has 4 rings (SSSR count). The van der Waals surface area contributed by atoms with Crippen LogP contribution in [0.1, 0.15) is 72.0 Å². The van der Waals surface area contributed by atoms with Crippen molar-refractivity contribution in [1.29, 1.82) is 0 Å². The van der Waals surface area contributed by atoms with E-state index in [1.807, 2.05) is 37.2 Å². The number of hydrogen-bond donors (Lipinski definition) is 0. The van der Waals surface area contributed by atoms with Crippen molar-refractivity contribution in [2.45, 2.75) is 50.8 Å². The lowest BCUT2D eigenvalue weighted by molar-refractivity contribution is 0.0549. The van der Waals surface area contributed by atoms with Crippen LogP contribution in [0.15, 0.2) is 28.7 Å². The average Bonchev–Trinajstić information content (AvgIpc) is 3.39. The van der Waals surface area contributed by atoms with Crippen LogP contribution in [0.2, 0.25) is 0 Å². The van der Waals surface area contributed by atoms with Gasteiger partial charge in [0.2, 0.25) is 11.8 Å². The van der Waals surface area contributed by atoms with Crippen molar-refractivity contribution in [1.82, 2.24) is 20.0 Å². The fraction of sp³-hybridized carbons (Fsp3) is 0.571. The van der Waals surface area contributed by atoms with Crippen LogP contribution >= 0.6 is 0 Å². The van der Waals surface area contributed by atoms with Gasteiger partial charge < -0.3 is 19.0 Å². The first-order chi connectivity index (χ1) is 13.6. The number of piperidine rings is 1. The Morgan fingerprint density at radius 3 is 2.82 bits per heavy atom. The highest BCUT2D eigenvalue weighted by Gasteiger charge is 2.34. The van der Waals surface area contributed by atoms with Gasteiger partial charge >= 0.3 is 0 Å². The first kappa shape index (κ1) is 19.1. The summed E-state index contributed by atoms with van der Waals surface area (Å²) in [6, 6.07) is 7.71. The second kappa shape index (κ2) is 8.41. The van der Waals surface area contributed by atoms with E-state index in [-0.39, 0.29) is 18.1 Å². The molecule has 0 unspecified atom stereocenters. The van der Waals surface area contributed by atoms with Crippen LogP contribution in [0.5, 0.6) is 0 Å². The predicted octanol–water partition coefficient (Wildman–Crippen LogP) is 3.35. The lowest BCUT2D eigenvalue weighted by Crippen LogP contribution is -2.38. The molecule has 1 aromatic carbocycles. The number of nitrogens with zero attached hydrogens (tertiary/aromatic N) is 4. The zero-order valence-corrected chi connectivity index (χ0v) is 16.6. The van der Waals surface area contributed by atoms with Crippen LogP contribution in [0, 0.1) is 0 Å². The molecule has 7 nitrogen and oxygen atoms in total. The summed E-state index contributed by atoms with van der Waals surface area (Å²) in [5.74, 6) is 1.10. The van der Waals surface area contributed by atoms with Crippen LogP contribution in [0.3, 0.4) is 0 Å². The van der Waals surface area contributed by atoms with Crippen molar-refractivity contribution in [2.75, 3.05) is 27.2 Å².